The van der Waals surface area contributed by atoms with Gasteiger partial charge in [0.15, 0.2) is 11.5 Å². The number of hydrazone groups is 1. The van der Waals surface area contributed by atoms with E-state index in [2.05, 4.69) is 26.5 Å². The van der Waals surface area contributed by atoms with Crippen molar-refractivity contribution in [2.75, 3.05) is 7.11 Å². The molecule has 132 valence electrons. The smallest absolute Gasteiger partial charge is 0.244 e. The first-order valence-electron chi connectivity index (χ1n) is 7.89. The van der Waals surface area contributed by atoms with Crippen LogP contribution in [0.1, 0.15) is 25.0 Å². The second-order valence-corrected chi connectivity index (χ2v) is 6.59. The van der Waals surface area contributed by atoms with Crippen molar-refractivity contribution < 1.29 is 14.3 Å². The van der Waals surface area contributed by atoms with E-state index in [0.717, 1.165) is 15.6 Å². The first kappa shape index (κ1) is 19.0. The summed E-state index contributed by atoms with van der Waals surface area (Å²) in [6, 6.07) is 13.1. The summed E-state index contributed by atoms with van der Waals surface area (Å²) in [7, 11) is 1.59. The van der Waals surface area contributed by atoms with E-state index < -0.39 is 0 Å². The number of methoxy groups -OCH3 is 1. The number of rotatable bonds is 7. The number of nitrogens with zero attached hydrogens (tertiary/aromatic N) is 1. The fourth-order valence-electron chi connectivity index (χ4n) is 2.12. The molecule has 0 fully saturated rings. The molecule has 2 rings (SSSR count). The van der Waals surface area contributed by atoms with Crippen LogP contribution in [0, 0.1) is 0 Å². The molecule has 0 aromatic heterocycles. The zero-order chi connectivity index (χ0) is 18.2. The Morgan fingerprint density at radius 1 is 1.20 bits per heavy atom. The van der Waals surface area contributed by atoms with Crippen LogP contribution in [0.25, 0.3) is 0 Å². The van der Waals surface area contributed by atoms with Crippen molar-refractivity contribution in [3.05, 3.63) is 58.1 Å². The fourth-order valence-corrected chi connectivity index (χ4v) is 2.39. The van der Waals surface area contributed by atoms with Crippen molar-refractivity contribution in [1.29, 1.82) is 0 Å². The highest BCUT2D eigenvalue weighted by molar-refractivity contribution is 9.10. The lowest BCUT2D eigenvalue weighted by Gasteiger charge is -2.13. The van der Waals surface area contributed by atoms with Gasteiger partial charge in [-0.05, 0) is 55.3 Å². The molecular formula is C19H21BrN2O3. The molecule has 0 unspecified atom stereocenters. The lowest BCUT2D eigenvalue weighted by Crippen LogP contribution is -2.19. The molecule has 2 aromatic carbocycles. The Morgan fingerprint density at radius 2 is 1.92 bits per heavy atom. The van der Waals surface area contributed by atoms with Crippen LogP contribution in [-0.2, 0) is 11.2 Å². The third kappa shape index (κ3) is 6.23. The molecule has 0 aliphatic carbocycles. The number of hydrogen-bond acceptors (Lipinski definition) is 4. The van der Waals surface area contributed by atoms with E-state index in [0.29, 0.717) is 11.5 Å². The highest BCUT2D eigenvalue weighted by atomic mass is 79.9. The largest absolute Gasteiger partial charge is 0.493 e. The van der Waals surface area contributed by atoms with Gasteiger partial charge in [0.2, 0.25) is 5.91 Å². The van der Waals surface area contributed by atoms with Crippen LogP contribution >= 0.6 is 15.9 Å². The summed E-state index contributed by atoms with van der Waals surface area (Å²) in [4.78, 5) is 11.9. The predicted octanol–water partition coefficient (Wildman–Crippen LogP) is 3.94. The van der Waals surface area contributed by atoms with Gasteiger partial charge in [0.1, 0.15) is 0 Å². The van der Waals surface area contributed by atoms with Gasteiger partial charge in [0.05, 0.1) is 25.8 Å². The van der Waals surface area contributed by atoms with E-state index >= 15 is 0 Å². The number of ether oxygens (including phenoxy) is 2. The summed E-state index contributed by atoms with van der Waals surface area (Å²) in [5.74, 6) is 1.12. The van der Waals surface area contributed by atoms with Crippen molar-refractivity contribution in [1.82, 2.24) is 5.43 Å². The lowest BCUT2D eigenvalue weighted by molar-refractivity contribution is -0.120. The van der Waals surface area contributed by atoms with Gasteiger partial charge < -0.3 is 9.47 Å². The first-order valence-corrected chi connectivity index (χ1v) is 8.68. The molecule has 0 aliphatic rings. The second-order valence-electron chi connectivity index (χ2n) is 5.67. The third-order valence-corrected chi connectivity index (χ3v) is 3.76. The lowest BCUT2D eigenvalue weighted by atomic mass is 10.1. The van der Waals surface area contributed by atoms with Gasteiger partial charge in [-0.1, -0.05) is 28.1 Å². The summed E-state index contributed by atoms with van der Waals surface area (Å²) in [5.41, 5.74) is 4.25. The van der Waals surface area contributed by atoms with Crippen LogP contribution < -0.4 is 14.9 Å². The summed E-state index contributed by atoms with van der Waals surface area (Å²) >= 11 is 3.37. The number of nitrogens with one attached hydrogen (secondary N) is 1. The zero-order valence-electron chi connectivity index (χ0n) is 14.5. The second kappa shape index (κ2) is 9.22. The molecule has 1 amide bonds. The molecule has 1 N–H and O–H groups in total. The highest BCUT2D eigenvalue weighted by Crippen LogP contribution is 2.28. The summed E-state index contributed by atoms with van der Waals surface area (Å²) in [5, 5.41) is 3.99. The molecule has 6 heteroatoms. The maximum Gasteiger partial charge on any atom is 0.244 e. The van der Waals surface area contributed by atoms with Crippen molar-refractivity contribution in [2.24, 2.45) is 5.10 Å². The summed E-state index contributed by atoms with van der Waals surface area (Å²) < 4.78 is 12.0. The zero-order valence-corrected chi connectivity index (χ0v) is 16.0. The molecular weight excluding hydrogens is 384 g/mol. The molecule has 0 atom stereocenters. The maximum atomic E-state index is 11.9. The van der Waals surface area contributed by atoms with Crippen LogP contribution in [0.5, 0.6) is 11.5 Å². The highest BCUT2D eigenvalue weighted by Gasteiger charge is 2.07. The van der Waals surface area contributed by atoms with Gasteiger partial charge in [-0.25, -0.2) is 5.43 Å². The number of halogens is 1. The van der Waals surface area contributed by atoms with Gasteiger partial charge in [0, 0.05) is 4.47 Å². The quantitative estimate of drug-likeness (QED) is 0.561. The predicted molar refractivity (Wildman–Crippen MR) is 102 cm³/mol. The number of hydrogen-bond donors (Lipinski definition) is 1. The Morgan fingerprint density at radius 3 is 2.56 bits per heavy atom. The molecule has 25 heavy (non-hydrogen) atoms. The molecule has 0 spiro atoms. The van der Waals surface area contributed by atoms with E-state index in [1.165, 1.54) is 0 Å². The van der Waals surface area contributed by atoms with E-state index in [9.17, 15) is 4.79 Å². The van der Waals surface area contributed by atoms with Crippen LogP contribution in [0.4, 0.5) is 0 Å². The van der Waals surface area contributed by atoms with Gasteiger partial charge in [-0.15, -0.1) is 0 Å². The van der Waals surface area contributed by atoms with Crippen LogP contribution in [-0.4, -0.2) is 25.3 Å². The number of benzene rings is 2. The molecule has 0 bridgehead atoms. The SMILES string of the molecule is COc1cc(/C=N/NC(=O)Cc2ccc(Br)cc2)ccc1OC(C)C. The molecule has 5 nitrogen and oxygen atoms in total. The minimum Gasteiger partial charge on any atom is -0.493 e. The average molecular weight is 405 g/mol. The van der Waals surface area contributed by atoms with Gasteiger partial charge >= 0.3 is 0 Å². The maximum absolute atomic E-state index is 11.9. The monoisotopic (exact) mass is 404 g/mol. The van der Waals surface area contributed by atoms with Crippen molar-refractivity contribution in [2.45, 2.75) is 26.4 Å². The molecule has 0 aliphatic heterocycles. The molecule has 2 aromatic rings. The van der Waals surface area contributed by atoms with E-state index in [-0.39, 0.29) is 18.4 Å². The van der Waals surface area contributed by atoms with E-state index in [1.807, 2.05) is 56.3 Å². The van der Waals surface area contributed by atoms with E-state index in [4.69, 9.17) is 9.47 Å². The van der Waals surface area contributed by atoms with Crippen LogP contribution in [0.3, 0.4) is 0 Å². The van der Waals surface area contributed by atoms with Gasteiger partial charge in [0.25, 0.3) is 0 Å². The Balaban J connectivity index is 1.94. The fraction of sp³-hybridized carbons (Fsp3) is 0.263. The number of carbonyl (C=O) groups excluding carboxylic acids is 1. The Hall–Kier alpha value is -2.34. The van der Waals surface area contributed by atoms with Crippen LogP contribution in [0.2, 0.25) is 0 Å². The van der Waals surface area contributed by atoms with Crippen molar-refractivity contribution in [3.8, 4) is 11.5 Å². The normalized spacial score (nSPS) is 10.9. The standard InChI is InChI=1S/C19H21BrN2O3/c1-13(2)25-17-9-6-15(10-18(17)24-3)12-21-22-19(23)11-14-4-7-16(20)8-5-14/h4-10,12-13H,11H2,1-3H3,(H,22,23)/b21-12+. The summed E-state index contributed by atoms with van der Waals surface area (Å²) in [6.45, 7) is 3.91. The molecule has 0 heterocycles. The molecule has 0 saturated carbocycles. The Labute approximate surface area is 156 Å². The molecule has 0 radical (unpaired) electrons. The average Bonchev–Trinajstić information content (AvgIpc) is 2.57. The Kier molecular flexibility index (Phi) is 7.01. The first-order chi connectivity index (χ1) is 12.0. The van der Waals surface area contributed by atoms with Crippen molar-refractivity contribution >= 4 is 28.1 Å². The topological polar surface area (TPSA) is 59.9 Å². The van der Waals surface area contributed by atoms with E-state index in [1.54, 1.807) is 13.3 Å². The number of amides is 1. The minimum absolute atomic E-state index is 0.0614. The molecule has 0 saturated heterocycles. The minimum atomic E-state index is -0.176. The van der Waals surface area contributed by atoms with Crippen molar-refractivity contribution in [3.63, 3.8) is 0 Å². The summed E-state index contributed by atoms with van der Waals surface area (Å²) in [6.07, 6.45) is 1.90. The Bertz CT molecular complexity index is 743. The van der Waals surface area contributed by atoms with Gasteiger partial charge in [-0.2, -0.15) is 5.10 Å². The third-order valence-electron chi connectivity index (χ3n) is 3.23. The van der Waals surface area contributed by atoms with Gasteiger partial charge in [-0.3, -0.25) is 4.79 Å². The van der Waals surface area contributed by atoms with Crippen LogP contribution in [0.15, 0.2) is 52.0 Å². The number of carbonyl (C=O) groups is 1.